The molecule has 278 valence electrons. The van der Waals surface area contributed by atoms with Gasteiger partial charge in [-0.3, -0.25) is 0 Å². The third-order valence-electron chi connectivity index (χ3n) is 13.5. The highest BCUT2D eigenvalue weighted by molar-refractivity contribution is 6.05. The molecular formula is C58H41N. The summed E-state index contributed by atoms with van der Waals surface area (Å²) in [5.74, 6) is 0. The molecule has 3 aliphatic carbocycles. The highest BCUT2D eigenvalue weighted by Gasteiger charge is 2.53. The lowest BCUT2D eigenvalue weighted by atomic mass is 9.70. The Morgan fingerprint density at radius 2 is 0.780 bits per heavy atom. The van der Waals surface area contributed by atoms with E-state index in [4.69, 9.17) is 0 Å². The zero-order chi connectivity index (χ0) is 39.3. The van der Waals surface area contributed by atoms with Gasteiger partial charge in [-0.1, -0.05) is 196 Å². The first-order valence-electron chi connectivity index (χ1n) is 20.8. The summed E-state index contributed by atoms with van der Waals surface area (Å²) in [4.78, 5) is 2.54. The fourth-order valence-corrected chi connectivity index (χ4v) is 11.0. The van der Waals surface area contributed by atoms with Crippen LogP contribution in [0.15, 0.2) is 212 Å². The van der Waals surface area contributed by atoms with Crippen molar-refractivity contribution in [2.75, 3.05) is 4.90 Å². The topological polar surface area (TPSA) is 3.24 Å². The van der Waals surface area contributed by atoms with E-state index in [9.17, 15) is 0 Å². The molecule has 12 rings (SSSR count). The summed E-state index contributed by atoms with van der Waals surface area (Å²) < 4.78 is 0. The van der Waals surface area contributed by atoms with Crippen LogP contribution in [0.2, 0.25) is 0 Å². The molecule has 0 bridgehead atoms. The second-order valence-corrected chi connectivity index (χ2v) is 16.8. The number of rotatable bonds is 5. The highest BCUT2D eigenvalue weighted by atomic mass is 15.1. The molecule has 1 spiro atoms. The maximum absolute atomic E-state index is 2.54. The van der Waals surface area contributed by atoms with E-state index >= 15 is 0 Å². The van der Waals surface area contributed by atoms with Crippen LogP contribution in [0.4, 0.5) is 17.1 Å². The Labute approximate surface area is 346 Å². The summed E-state index contributed by atoms with van der Waals surface area (Å²) in [5.41, 5.74) is 23.6. The van der Waals surface area contributed by atoms with Crippen LogP contribution < -0.4 is 4.90 Å². The first kappa shape index (κ1) is 33.9. The molecule has 0 saturated heterocycles. The first-order chi connectivity index (χ1) is 29.0. The van der Waals surface area contributed by atoms with Crippen LogP contribution in [0, 0.1) is 0 Å². The van der Waals surface area contributed by atoms with Crippen LogP contribution in [-0.2, 0) is 10.8 Å². The maximum atomic E-state index is 2.54. The van der Waals surface area contributed by atoms with Gasteiger partial charge in [0.05, 0.1) is 11.1 Å². The van der Waals surface area contributed by atoms with Gasteiger partial charge in [-0.15, -0.1) is 0 Å². The van der Waals surface area contributed by atoms with E-state index in [0.717, 1.165) is 11.4 Å². The number of fused-ring (bicyclic) bond motifs is 13. The summed E-state index contributed by atoms with van der Waals surface area (Å²) in [7, 11) is 0. The summed E-state index contributed by atoms with van der Waals surface area (Å²) in [6.45, 7) is 4.76. The summed E-state index contributed by atoms with van der Waals surface area (Å²) >= 11 is 0. The van der Waals surface area contributed by atoms with E-state index < -0.39 is 5.41 Å². The number of hydrogen-bond donors (Lipinski definition) is 0. The zero-order valence-corrected chi connectivity index (χ0v) is 33.2. The van der Waals surface area contributed by atoms with Crippen molar-refractivity contribution in [3.8, 4) is 55.6 Å². The molecule has 0 radical (unpaired) electrons. The van der Waals surface area contributed by atoms with Crippen LogP contribution in [0.25, 0.3) is 55.6 Å². The minimum absolute atomic E-state index is 0.146. The molecule has 3 aliphatic rings. The van der Waals surface area contributed by atoms with Crippen LogP contribution in [0.1, 0.15) is 47.2 Å². The van der Waals surface area contributed by atoms with Gasteiger partial charge in [0.15, 0.2) is 0 Å². The average Bonchev–Trinajstić information content (AvgIpc) is 3.86. The molecule has 1 nitrogen and oxygen atoms in total. The van der Waals surface area contributed by atoms with Crippen molar-refractivity contribution in [1.29, 1.82) is 0 Å². The highest BCUT2D eigenvalue weighted by Crippen LogP contribution is 2.66. The quantitative estimate of drug-likeness (QED) is 0.169. The van der Waals surface area contributed by atoms with Crippen LogP contribution in [0.5, 0.6) is 0 Å². The van der Waals surface area contributed by atoms with Crippen molar-refractivity contribution in [2.24, 2.45) is 0 Å². The Morgan fingerprint density at radius 3 is 1.47 bits per heavy atom. The Bertz CT molecular complexity index is 3090. The molecule has 0 fully saturated rings. The SMILES string of the molecule is CC1(C)c2ccccc2-c2ccc(N(c3cccc(-c4ccccc4)c3)c3cccc4c3-c3c(-c5ccccc5)cccc3C43c4ccccc4-c4ccccc43)cc21. The normalized spacial score (nSPS) is 14.2. The predicted octanol–water partition coefficient (Wildman–Crippen LogP) is 15.1. The molecule has 0 saturated carbocycles. The monoisotopic (exact) mass is 751 g/mol. The van der Waals surface area contributed by atoms with Crippen molar-refractivity contribution in [3.63, 3.8) is 0 Å². The molecular weight excluding hydrogens is 711 g/mol. The maximum Gasteiger partial charge on any atom is 0.0726 e. The Hall–Kier alpha value is -7.22. The van der Waals surface area contributed by atoms with E-state index in [0.29, 0.717) is 0 Å². The van der Waals surface area contributed by atoms with Gasteiger partial charge in [-0.2, -0.15) is 0 Å². The van der Waals surface area contributed by atoms with Crippen LogP contribution in [0.3, 0.4) is 0 Å². The van der Waals surface area contributed by atoms with E-state index in [1.54, 1.807) is 0 Å². The lowest BCUT2D eigenvalue weighted by Gasteiger charge is -2.32. The van der Waals surface area contributed by atoms with Gasteiger partial charge in [0.2, 0.25) is 0 Å². The second-order valence-electron chi connectivity index (χ2n) is 16.8. The van der Waals surface area contributed by atoms with Crippen molar-refractivity contribution in [3.05, 3.63) is 246 Å². The van der Waals surface area contributed by atoms with E-state index in [2.05, 4.69) is 231 Å². The van der Waals surface area contributed by atoms with Crippen molar-refractivity contribution in [1.82, 2.24) is 0 Å². The molecule has 9 aromatic rings. The molecule has 9 aromatic carbocycles. The van der Waals surface area contributed by atoms with Gasteiger partial charge in [-0.25, -0.2) is 0 Å². The molecule has 1 heteroatoms. The van der Waals surface area contributed by atoms with Gasteiger partial charge in [0.1, 0.15) is 0 Å². The fraction of sp³-hybridized carbons (Fsp3) is 0.0690. The standard InChI is InChI=1S/C58H41N/c1-57(2)48-28-12-9-24-44(48)47-35-34-42(37-53(47)57)59(41-23-15-22-40(36-41)38-18-5-3-6-19-38)54-33-17-32-52-56(54)55-43(39-20-7-4-8-21-39)27-16-31-51(55)58(52)49-29-13-10-25-45(49)46-26-11-14-30-50(46)58/h3-37H,1-2H3. The smallest absolute Gasteiger partial charge is 0.0726 e. The number of benzene rings is 9. The molecule has 0 amide bonds. The Balaban J connectivity index is 1.19. The predicted molar refractivity (Wildman–Crippen MR) is 246 cm³/mol. The third-order valence-corrected chi connectivity index (χ3v) is 13.5. The minimum Gasteiger partial charge on any atom is -0.310 e. The molecule has 0 atom stereocenters. The van der Waals surface area contributed by atoms with E-state index in [1.165, 1.54) is 94.7 Å². The van der Waals surface area contributed by atoms with Crippen molar-refractivity contribution in [2.45, 2.75) is 24.7 Å². The second kappa shape index (κ2) is 12.6. The Morgan fingerprint density at radius 1 is 0.305 bits per heavy atom. The third kappa shape index (κ3) is 4.67. The fourth-order valence-electron chi connectivity index (χ4n) is 11.0. The molecule has 0 heterocycles. The first-order valence-corrected chi connectivity index (χ1v) is 20.8. The lowest BCUT2D eigenvalue weighted by molar-refractivity contribution is 0.660. The molecule has 0 aliphatic heterocycles. The summed E-state index contributed by atoms with van der Waals surface area (Å²) in [5, 5.41) is 0. The minimum atomic E-state index is -0.488. The summed E-state index contributed by atoms with van der Waals surface area (Å²) in [6, 6.07) is 79.3. The lowest BCUT2D eigenvalue weighted by Crippen LogP contribution is -2.26. The van der Waals surface area contributed by atoms with Crippen LogP contribution in [-0.4, -0.2) is 0 Å². The van der Waals surface area contributed by atoms with Crippen LogP contribution >= 0.6 is 0 Å². The molecule has 59 heavy (non-hydrogen) atoms. The molecule has 0 N–H and O–H groups in total. The number of hydrogen-bond acceptors (Lipinski definition) is 1. The van der Waals surface area contributed by atoms with Gasteiger partial charge in [0.25, 0.3) is 0 Å². The van der Waals surface area contributed by atoms with Gasteiger partial charge in [0, 0.05) is 22.4 Å². The number of anilines is 3. The average molecular weight is 752 g/mol. The van der Waals surface area contributed by atoms with Gasteiger partial charge in [-0.05, 0) is 114 Å². The van der Waals surface area contributed by atoms with E-state index in [-0.39, 0.29) is 5.41 Å². The largest absolute Gasteiger partial charge is 0.310 e. The van der Waals surface area contributed by atoms with Gasteiger partial charge < -0.3 is 4.90 Å². The Kier molecular flexibility index (Phi) is 7.26. The zero-order valence-electron chi connectivity index (χ0n) is 33.2. The number of nitrogens with zero attached hydrogens (tertiary/aromatic N) is 1. The molecule has 0 unspecified atom stereocenters. The van der Waals surface area contributed by atoms with Crippen molar-refractivity contribution < 1.29 is 0 Å². The van der Waals surface area contributed by atoms with Crippen molar-refractivity contribution >= 4 is 17.1 Å². The summed E-state index contributed by atoms with van der Waals surface area (Å²) in [6.07, 6.45) is 0. The molecule has 0 aromatic heterocycles. The van der Waals surface area contributed by atoms with E-state index in [1.807, 2.05) is 0 Å². The van der Waals surface area contributed by atoms with Gasteiger partial charge >= 0.3 is 0 Å².